The van der Waals surface area contributed by atoms with Crippen LogP contribution in [-0.4, -0.2) is 6.04 Å². The van der Waals surface area contributed by atoms with E-state index in [9.17, 15) is 0 Å². The molecule has 1 saturated carbocycles. The molecule has 0 heterocycles. The fraction of sp³-hybridized carbons (Fsp3) is 0.700. The van der Waals surface area contributed by atoms with Crippen molar-refractivity contribution in [2.45, 2.75) is 77.3 Å². The third-order valence-corrected chi connectivity index (χ3v) is 6.29. The van der Waals surface area contributed by atoms with E-state index in [2.05, 4.69) is 57.3 Å². The Labute approximate surface area is 130 Å². The molecule has 4 atom stereocenters. The van der Waals surface area contributed by atoms with Crippen molar-refractivity contribution in [1.29, 1.82) is 0 Å². The summed E-state index contributed by atoms with van der Waals surface area (Å²) in [5.41, 5.74) is 3.45. The van der Waals surface area contributed by atoms with Crippen LogP contribution in [0.1, 0.15) is 77.0 Å². The third-order valence-electron chi connectivity index (χ3n) is 6.29. The lowest BCUT2D eigenvalue weighted by atomic mass is 9.71. The van der Waals surface area contributed by atoms with E-state index in [1.165, 1.54) is 32.1 Å². The first-order valence-corrected chi connectivity index (χ1v) is 8.88. The van der Waals surface area contributed by atoms with Crippen molar-refractivity contribution < 1.29 is 0 Å². The zero-order valence-electron chi connectivity index (χ0n) is 14.2. The Bertz CT molecular complexity index is 490. The summed E-state index contributed by atoms with van der Waals surface area (Å²) < 4.78 is 0. The topological polar surface area (TPSA) is 12.0 Å². The van der Waals surface area contributed by atoms with Gasteiger partial charge >= 0.3 is 0 Å². The van der Waals surface area contributed by atoms with Crippen LogP contribution in [0.15, 0.2) is 24.3 Å². The number of nitrogens with one attached hydrogen (secondary N) is 1. The lowest BCUT2D eigenvalue weighted by Crippen LogP contribution is -2.39. The second-order valence-electron chi connectivity index (χ2n) is 7.94. The Balaban J connectivity index is 1.79. The maximum Gasteiger partial charge on any atom is 0.0326 e. The van der Waals surface area contributed by atoms with Gasteiger partial charge in [0.05, 0.1) is 0 Å². The Kier molecular flexibility index (Phi) is 4.14. The quantitative estimate of drug-likeness (QED) is 0.803. The van der Waals surface area contributed by atoms with Gasteiger partial charge in [0.2, 0.25) is 0 Å². The van der Waals surface area contributed by atoms with E-state index in [-0.39, 0.29) is 0 Å². The summed E-state index contributed by atoms with van der Waals surface area (Å²) in [6.45, 7) is 9.60. The zero-order valence-corrected chi connectivity index (χ0v) is 14.2. The highest BCUT2D eigenvalue weighted by Crippen LogP contribution is 2.43. The van der Waals surface area contributed by atoms with Gasteiger partial charge in [0, 0.05) is 12.1 Å². The maximum atomic E-state index is 4.03. The minimum absolute atomic E-state index is 0.335. The monoisotopic (exact) mass is 285 g/mol. The maximum absolute atomic E-state index is 4.03. The predicted molar refractivity (Wildman–Crippen MR) is 90.5 cm³/mol. The molecule has 21 heavy (non-hydrogen) atoms. The van der Waals surface area contributed by atoms with E-state index in [1.807, 2.05) is 0 Å². The molecule has 0 saturated heterocycles. The summed E-state index contributed by atoms with van der Waals surface area (Å²) in [6.07, 6.45) is 6.69. The van der Waals surface area contributed by atoms with Crippen LogP contribution in [0.4, 0.5) is 0 Å². The molecule has 0 bridgehead atoms. The molecule has 0 radical (unpaired) electrons. The molecule has 2 aliphatic carbocycles. The summed E-state index contributed by atoms with van der Waals surface area (Å²) in [4.78, 5) is 0. The van der Waals surface area contributed by atoms with Gasteiger partial charge in [-0.15, -0.1) is 0 Å². The Morgan fingerprint density at radius 2 is 1.90 bits per heavy atom. The van der Waals surface area contributed by atoms with Crippen molar-refractivity contribution >= 4 is 0 Å². The largest absolute Gasteiger partial charge is 0.307 e. The van der Waals surface area contributed by atoms with Gasteiger partial charge in [-0.2, -0.15) is 0 Å². The van der Waals surface area contributed by atoms with Crippen LogP contribution in [0.5, 0.6) is 0 Å². The van der Waals surface area contributed by atoms with E-state index >= 15 is 0 Å². The van der Waals surface area contributed by atoms with Crippen molar-refractivity contribution in [2.24, 2.45) is 11.8 Å². The molecule has 1 N–H and O–H groups in total. The van der Waals surface area contributed by atoms with Gasteiger partial charge < -0.3 is 5.32 Å². The predicted octanol–water partition coefficient (Wildman–Crippen LogP) is 5.21. The molecular weight excluding hydrogens is 254 g/mol. The first kappa shape index (κ1) is 15.1. The van der Waals surface area contributed by atoms with Gasteiger partial charge in [-0.25, -0.2) is 0 Å². The molecule has 1 aromatic carbocycles. The highest BCUT2D eigenvalue weighted by molar-refractivity contribution is 5.38. The fourth-order valence-electron chi connectivity index (χ4n) is 4.70. The van der Waals surface area contributed by atoms with Gasteiger partial charge in [-0.3, -0.25) is 0 Å². The zero-order chi connectivity index (χ0) is 15.0. The molecule has 1 nitrogen and oxygen atoms in total. The van der Waals surface area contributed by atoms with Crippen molar-refractivity contribution in [3.8, 4) is 0 Å². The standard InChI is InChI=1S/C20H31N/c1-5-15-10-11-18(14(15)2)21-19-12-13-20(3,4)17-9-7-6-8-16(17)19/h6-9,14-15,18-19,21H,5,10-13H2,1-4H3. The first-order chi connectivity index (χ1) is 10.0. The molecule has 1 aromatic rings. The normalized spacial score (nSPS) is 34.7. The smallest absolute Gasteiger partial charge is 0.0326 e. The molecule has 0 spiro atoms. The van der Waals surface area contributed by atoms with E-state index in [0.29, 0.717) is 17.5 Å². The third kappa shape index (κ3) is 2.77. The van der Waals surface area contributed by atoms with Crippen molar-refractivity contribution in [3.05, 3.63) is 35.4 Å². The van der Waals surface area contributed by atoms with E-state index in [0.717, 1.165) is 11.8 Å². The SMILES string of the molecule is CCC1CCC(NC2CCC(C)(C)c3ccccc32)C1C. The lowest BCUT2D eigenvalue weighted by Gasteiger charge is -2.39. The van der Waals surface area contributed by atoms with Crippen LogP contribution >= 0.6 is 0 Å². The lowest BCUT2D eigenvalue weighted by molar-refractivity contribution is 0.287. The minimum Gasteiger partial charge on any atom is -0.307 e. The Hall–Kier alpha value is -0.820. The van der Waals surface area contributed by atoms with Gasteiger partial charge in [0.15, 0.2) is 0 Å². The fourth-order valence-corrected chi connectivity index (χ4v) is 4.70. The average Bonchev–Trinajstić information content (AvgIpc) is 2.83. The Morgan fingerprint density at radius 3 is 2.62 bits per heavy atom. The molecule has 3 rings (SSSR count). The molecular formula is C20H31N. The number of fused-ring (bicyclic) bond motifs is 1. The number of hydrogen-bond donors (Lipinski definition) is 1. The van der Waals surface area contributed by atoms with Crippen LogP contribution in [0.3, 0.4) is 0 Å². The van der Waals surface area contributed by atoms with Gasteiger partial charge in [-0.05, 0) is 54.1 Å². The van der Waals surface area contributed by atoms with Crippen molar-refractivity contribution in [2.75, 3.05) is 0 Å². The molecule has 116 valence electrons. The second kappa shape index (κ2) is 5.76. The molecule has 1 fully saturated rings. The number of benzene rings is 1. The van der Waals surface area contributed by atoms with Crippen molar-refractivity contribution in [1.82, 2.24) is 5.32 Å². The Morgan fingerprint density at radius 1 is 1.14 bits per heavy atom. The second-order valence-corrected chi connectivity index (χ2v) is 7.94. The van der Waals surface area contributed by atoms with Crippen LogP contribution in [0.25, 0.3) is 0 Å². The van der Waals surface area contributed by atoms with Gasteiger partial charge in [-0.1, -0.05) is 58.4 Å². The summed E-state index contributed by atoms with van der Waals surface area (Å²) in [7, 11) is 0. The summed E-state index contributed by atoms with van der Waals surface area (Å²) >= 11 is 0. The van der Waals surface area contributed by atoms with E-state index in [1.54, 1.807) is 11.1 Å². The highest BCUT2D eigenvalue weighted by Gasteiger charge is 2.36. The van der Waals surface area contributed by atoms with Gasteiger partial charge in [0.1, 0.15) is 0 Å². The van der Waals surface area contributed by atoms with Crippen LogP contribution in [0, 0.1) is 11.8 Å². The van der Waals surface area contributed by atoms with E-state index < -0.39 is 0 Å². The summed E-state index contributed by atoms with van der Waals surface area (Å²) in [5, 5.41) is 4.03. The highest BCUT2D eigenvalue weighted by atomic mass is 15.0. The minimum atomic E-state index is 0.335. The van der Waals surface area contributed by atoms with Crippen LogP contribution in [0.2, 0.25) is 0 Å². The molecule has 4 unspecified atom stereocenters. The van der Waals surface area contributed by atoms with Crippen molar-refractivity contribution in [3.63, 3.8) is 0 Å². The van der Waals surface area contributed by atoms with Crippen LogP contribution in [-0.2, 0) is 5.41 Å². The number of rotatable bonds is 3. The molecule has 0 aromatic heterocycles. The molecule has 0 aliphatic heterocycles. The van der Waals surface area contributed by atoms with Gasteiger partial charge in [0.25, 0.3) is 0 Å². The first-order valence-electron chi connectivity index (χ1n) is 8.88. The average molecular weight is 285 g/mol. The van der Waals surface area contributed by atoms with Crippen LogP contribution < -0.4 is 5.32 Å². The molecule has 2 aliphatic rings. The molecule has 0 amide bonds. The summed E-state index contributed by atoms with van der Waals surface area (Å²) in [5.74, 6) is 1.76. The number of hydrogen-bond acceptors (Lipinski definition) is 1. The van der Waals surface area contributed by atoms with E-state index in [4.69, 9.17) is 0 Å². The molecule has 1 heteroatoms. The summed E-state index contributed by atoms with van der Waals surface area (Å²) in [6, 6.07) is 10.4.